The lowest BCUT2D eigenvalue weighted by atomic mass is 10.1. The van der Waals surface area contributed by atoms with Crippen LogP contribution in [0.2, 0.25) is 10.0 Å². The van der Waals surface area contributed by atoms with E-state index in [4.69, 9.17) is 27.9 Å². The van der Waals surface area contributed by atoms with Crippen molar-refractivity contribution >= 4 is 23.2 Å². The Morgan fingerprint density at radius 1 is 1.16 bits per heavy atom. The maximum atomic E-state index is 13.8. The molecule has 1 unspecified atom stereocenters. The largest absolute Gasteiger partial charge is 0.454 e. The Bertz CT molecular complexity index is 600. The number of para-hydroxylation sites is 1. The molecule has 0 fully saturated rings. The highest BCUT2D eigenvalue weighted by Gasteiger charge is 2.15. The van der Waals surface area contributed by atoms with Crippen molar-refractivity contribution in [3.05, 3.63) is 57.8 Å². The monoisotopic (exact) mass is 300 g/mol. The Morgan fingerprint density at radius 2 is 1.89 bits per heavy atom. The van der Waals surface area contributed by atoms with Gasteiger partial charge in [-0.15, -0.1) is 0 Å². The molecule has 0 aromatic heterocycles. The van der Waals surface area contributed by atoms with Gasteiger partial charge in [0, 0.05) is 11.6 Å². The predicted molar refractivity (Wildman–Crippen MR) is 73.6 cm³/mol. The Morgan fingerprint density at radius 3 is 2.53 bits per heavy atom. The first-order valence-electron chi connectivity index (χ1n) is 5.58. The van der Waals surface area contributed by atoms with Crippen LogP contribution in [0.4, 0.5) is 4.39 Å². The minimum Gasteiger partial charge on any atom is -0.454 e. The van der Waals surface area contributed by atoms with Gasteiger partial charge in [0.2, 0.25) is 0 Å². The molecule has 2 aromatic carbocycles. The molecule has 0 aliphatic heterocycles. The normalized spacial score (nSPS) is 12.3. The summed E-state index contributed by atoms with van der Waals surface area (Å²) in [6.45, 7) is 1.54. The number of halogens is 3. The van der Waals surface area contributed by atoms with Crippen molar-refractivity contribution in [3.8, 4) is 11.5 Å². The van der Waals surface area contributed by atoms with Crippen molar-refractivity contribution in [2.45, 2.75) is 13.0 Å². The van der Waals surface area contributed by atoms with Crippen LogP contribution in [0, 0.1) is 5.82 Å². The minimum atomic E-state index is -0.839. The molecule has 0 spiro atoms. The van der Waals surface area contributed by atoms with Gasteiger partial charge in [-0.3, -0.25) is 0 Å². The summed E-state index contributed by atoms with van der Waals surface area (Å²) in [5.41, 5.74) is 0.367. The zero-order valence-electron chi connectivity index (χ0n) is 10.0. The van der Waals surface area contributed by atoms with E-state index in [1.54, 1.807) is 18.2 Å². The van der Waals surface area contributed by atoms with Crippen molar-refractivity contribution in [1.29, 1.82) is 0 Å². The zero-order chi connectivity index (χ0) is 14.0. The highest BCUT2D eigenvalue weighted by Crippen LogP contribution is 2.34. The van der Waals surface area contributed by atoms with Crippen LogP contribution in [0.1, 0.15) is 18.6 Å². The van der Waals surface area contributed by atoms with Crippen molar-refractivity contribution in [2.24, 2.45) is 0 Å². The molecule has 0 saturated heterocycles. The van der Waals surface area contributed by atoms with E-state index in [-0.39, 0.29) is 5.75 Å². The van der Waals surface area contributed by atoms with Crippen molar-refractivity contribution in [1.82, 2.24) is 0 Å². The smallest absolute Gasteiger partial charge is 0.168 e. The number of benzene rings is 2. The molecule has 1 atom stereocenters. The van der Waals surface area contributed by atoms with Gasteiger partial charge in [-0.2, -0.15) is 0 Å². The maximum Gasteiger partial charge on any atom is 0.168 e. The molecule has 2 aromatic rings. The van der Waals surface area contributed by atoms with Crippen LogP contribution in [0.5, 0.6) is 11.5 Å². The van der Waals surface area contributed by atoms with Crippen molar-refractivity contribution in [2.75, 3.05) is 0 Å². The third-order valence-corrected chi connectivity index (χ3v) is 3.30. The summed E-state index contributed by atoms with van der Waals surface area (Å²) < 4.78 is 19.2. The molecule has 5 heteroatoms. The van der Waals surface area contributed by atoms with Crippen LogP contribution in [-0.2, 0) is 0 Å². The van der Waals surface area contributed by atoms with Gasteiger partial charge < -0.3 is 9.84 Å². The van der Waals surface area contributed by atoms with Gasteiger partial charge in [0.25, 0.3) is 0 Å². The fourth-order valence-corrected chi connectivity index (χ4v) is 1.91. The van der Waals surface area contributed by atoms with E-state index in [0.717, 1.165) is 0 Å². The molecular weight excluding hydrogens is 290 g/mol. The van der Waals surface area contributed by atoms with Crippen LogP contribution in [0.3, 0.4) is 0 Å². The summed E-state index contributed by atoms with van der Waals surface area (Å²) in [5.74, 6) is -0.221. The second kappa shape index (κ2) is 5.78. The van der Waals surface area contributed by atoms with E-state index >= 15 is 0 Å². The van der Waals surface area contributed by atoms with Gasteiger partial charge >= 0.3 is 0 Å². The Labute approximate surface area is 120 Å². The highest BCUT2D eigenvalue weighted by atomic mass is 35.5. The number of hydrogen-bond acceptors (Lipinski definition) is 2. The van der Waals surface area contributed by atoms with Crippen LogP contribution in [-0.4, -0.2) is 5.11 Å². The summed E-state index contributed by atoms with van der Waals surface area (Å²) in [4.78, 5) is 0. The molecule has 0 bridgehead atoms. The molecule has 0 aliphatic rings. The quantitative estimate of drug-likeness (QED) is 0.866. The first-order chi connectivity index (χ1) is 8.99. The Balaban J connectivity index is 2.40. The number of rotatable bonds is 3. The first-order valence-corrected chi connectivity index (χ1v) is 6.34. The van der Waals surface area contributed by atoms with Gasteiger partial charge in [-0.25, -0.2) is 4.39 Å². The number of aliphatic hydroxyl groups is 1. The Hall–Kier alpha value is -1.29. The van der Waals surface area contributed by atoms with Gasteiger partial charge in [-0.05, 0) is 25.1 Å². The fourth-order valence-electron chi connectivity index (χ4n) is 1.62. The Kier molecular flexibility index (Phi) is 4.30. The summed E-state index contributed by atoms with van der Waals surface area (Å²) in [6, 6.07) is 9.00. The fraction of sp³-hybridized carbons (Fsp3) is 0.143. The number of hydrogen-bond donors (Lipinski definition) is 1. The van der Waals surface area contributed by atoms with Crippen LogP contribution in [0.25, 0.3) is 0 Å². The summed E-state index contributed by atoms with van der Waals surface area (Å²) >= 11 is 11.7. The van der Waals surface area contributed by atoms with Crippen LogP contribution >= 0.6 is 23.2 Å². The molecule has 19 heavy (non-hydrogen) atoms. The summed E-state index contributed by atoms with van der Waals surface area (Å²) in [6.07, 6.45) is -0.839. The second-order valence-electron chi connectivity index (χ2n) is 4.01. The van der Waals surface area contributed by atoms with E-state index in [0.29, 0.717) is 21.4 Å². The third kappa shape index (κ3) is 3.18. The van der Waals surface area contributed by atoms with E-state index in [2.05, 4.69) is 0 Å². The average molecular weight is 301 g/mol. The molecule has 0 amide bonds. The topological polar surface area (TPSA) is 29.5 Å². The minimum absolute atomic E-state index is 0.0177. The SMILES string of the molecule is CC(O)c1cccc(F)c1Oc1ccc(Cl)c(Cl)c1. The van der Waals surface area contributed by atoms with Gasteiger partial charge in [0.05, 0.1) is 16.1 Å². The van der Waals surface area contributed by atoms with E-state index < -0.39 is 11.9 Å². The zero-order valence-corrected chi connectivity index (χ0v) is 11.5. The molecule has 1 N–H and O–H groups in total. The lowest BCUT2D eigenvalue weighted by Gasteiger charge is -2.14. The molecular formula is C14H11Cl2FO2. The molecule has 0 heterocycles. The number of ether oxygens (including phenoxy) is 1. The molecule has 2 nitrogen and oxygen atoms in total. The maximum absolute atomic E-state index is 13.8. The van der Waals surface area contributed by atoms with E-state index in [1.807, 2.05) is 0 Å². The molecule has 0 saturated carbocycles. The van der Waals surface area contributed by atoms with Crippen molar-refractivity contribution in [3.63, 3.8) is 0 Å². The first kappa shape index (κ1) is 14.1. The molecule has 0 radical (unpaired) electrons. The van der Waals surface area contributed by atoms with Crippen molar-refractivity contribution < 1.29 is 14.2 Å². The lowest BCUT2D eigenvalue weighted by molar-refractivity contribution is 0.194. The number of aliphatic hydroxyl groups excluding tert-OH is 1. The van der Waals surface area contributed by atoms with E-state index in [9.17, 15) is 9.50 Å². The van der Waals surface area contributed by atoms with Gasteiger partial charge in [0.1, 0.15) is 5.75 Å². The molecule has 100 valence electrons. The summed E-state index contributed by atoms with van der Waals surface area (Å²) in [7, 11) is 0. The average Bonchev–Trinajstić information content (AvgIpc) is 2.36. The lowest BCUT2D eigenvalue weighted by Crippen LogP contribution is -1.98. The van der Waals surface area contributed by atoms with Crippen LogP contribution < -0.4 is 4.74 Å². The second-order valence-corrected chi connectivity index (χ2v) is 4.83. The van der Waals surface area contributed by atoms with E-state index in [1.165, 1.54) is 25.1 Å². The van der Waals surface area contributed by atoms with Crippen LogP contribution in [0.15, 0.2) is 36.4 Å². The third-order valence-electron chi connectivity index (χ3n) is 2.56. The summed E-state index contributed by atoms with van der Waals surface area (Å²) in [5, 5.41) is 10.3. The molecule has 2 rings (SSSR count). The van der Waals surface area contributed by atoms with Gasteiger partial charge in [-0.1, -0.05) is 35.3 Å². The highest BCUT2D eigenvalue weighted by molar-refractivity contribution is 6.42. The van der Waals surface area contributed by atoms with Gasteiger partial charge in [0.15, 0.2) is 11.6 Å². The predicted octanol–water partition coefficient (Wildman–Crippen LogP) is 4.98. The molecule has 0 aliphatic carbocycles. The standard InChI is InChI=1S/C14H11Cl2FO2/c1-8(18)10-3-2-4-13(17)14(10)19-9-5-6-11(15)12(16)7-9/h2-8,18H,1H3.